The highest BCUT2D eigenvalue weighted by molar-refractivity contribution is 6.32. The molecule has 4 nitrogen and oxygen atoms in total. The van der Waals surface area contributed by atoms with Crippen LogP contribution in [0.3, 0.4) is 0 Å². The number of hydrogen-bond acceptors (Lipinski definition) is 3. The fourth-order valence-electron chi connectivity index (χ4n) is 3.25. The molecule has 1 fully saturated rings. The second kappa shape index (κ2) is 7.04. The summed E-state index contributed by atoms with van der Waals surface area (Å²) in [5.41, 5.74) is 3.17. The van der Waals surface area contributed by atoms with E-state index in [9.17, 15) is 4.79 Å². The summed E-state index contributed by atoms with van der Waals surface area (Å²) in [6, 6.07) is 12.0. The van der Waals surface area contributed by atoms with Crippen molar-refractivity contribution in [3.8, 4) is 0 Å². The topological polar surface area (TPSA) is 36.4 Å². The zero-order chi connectivity index (χ0) is 18.0. The zero-order valence-corrected chi connectivity index (χ0v) is 15.8. The van der Waals surface area contributed by atoms with Crippen molar-refractivity contribution in [2.45, 2.75) is 26.2 Å². The molecule has 1 aliphatic rings. The van der Waals surface area contributed by atoms with Crippen molar-refractivity contribution in [2.75, 3.05) is 31.1 Å². The number of piperazine rings is 1. The van der Waals surface area contributed by atoms with Crippen LogP contribution in [0.2, 0.25) is 5.15 Å². The number of hydrogen-bond donors (Lipinski definition) is 0. The van der Waals surface area contributed by atoms with Crippen LogP contribution in [0.15, 0.2) is 42.6 Å². The lowest BCUT2D eigenvalue weighted by Crippen LogP contribution is -2.49. The Morgan fingerprint density at radius 2 is 1.72 bits per heavy atom. The Bertz CT molecular complexity index is 762. The first kappa shape index (κ1) is 17.7. The van der Waals surface area contributed by atoms with Crippen LogP contribution in [0.4, 0.5) is 5.69 Å². The standard InChI is InChI=1S/C20H24ClN3O/c1-20(2,3)16-8-4-5-9-17(16)23-11-13-24(14-12-23)19(25)15-7-6-10-22-18(15)21/h4-10H,11-14H2,1-3H3. The van der Waals surface area contributed by atoms with E-state index in [0.29, 0.717) is 18.7 Å². The van der Waals surface area contributed by atoms with E-state index in [1.165, 1.54) is 11.3 Å². The SMILES string of the molecule is CC(C)(C)c1ccccc1N1CCN(C(=O)c2cccnc2Cl)CC1. The highest BCUT2D eigenvalue weighted by Crippen LogP contribution is 2.32. The summed E-state index contributed by atoms with van der Waals surface area (Å²) in [5.74, 6) is -0.0399. The minimum atomic E-state index is -0.0399. The van der Waals surface area contributed by atoms with Gasteiger partial charge in [-0.05, 0) is 29.2 Å². The van der Waals surface area contributed by atoms with Crippen molar-refractivity contribution in [3.05, 3.63) is 58.9 Å². The zero-order valence-electron chi connectivity index (χ0n) is 15.0. The van der Waals surface area contributed by atoms with Gasteiger partial charge in [-0.1, -0.05) is 50.6 Å². The molecule has 0 radical (unpaired) electrons. The van der Waals surface area contributed by atoms with Crippen LogP contribution >= 0.6 is 11.6 Å². The van der Waals surface area contributed by atoms with E-state index in [0.717, 1.165) is 13.1 Å². The third-order valence-corrected chi connectivity index (χ3v) is 4.91. The second-order valence-corrected chi connectivity index (χ2v) is 7.75. The van der Waals surface area contributed by atoms with Gasteiger partial charge in [-0.3, -0.25) is 4.79 Å². The van der Waals surface area contributed by atoms with E-state index in [4.69, 9.17) is 11.6 Å². The Morgan fingerprint density at radius 3 is 2.36 bits per heavy atom. The lowest BCUT2D eigenvalue weighted by molar-refractivity contribution is 0.0746. The fraction of sp³-hybridized carbons (Fsp3) is 0.400. The number of para-hydroxylation sites is 1. The molecule has 0 aliphatic carbocycles. The van der Waals surface area contributed by atoms with E-state index in [2.05, 4.69) is 54.9 Å². The van der Waals surface area contributed by atoms with Crippen LogP contribution in [-0.4, -0.2) is 42.0 Å². The number of halogens is 1. The molecule has 1 aromatic heterocycles. The molecule has 2 aromatic rings. The molecule has 5 heteroatoms. The Morgan fingerprint density at radius 1 is 1.04 bits per heavy atom. The summed E-state index contributed by atoms with van der Waals surface area (Å²) in [6.45, 7) is 9.69. The number of amides is 1. The highest BCUT2D eigenvalue weighted by atomic mass is 35.5. The summed E-state index contributed by atoms with van der Waals surface area (Å²) in [4.78, 5) is 20.9. The van der Waals surface area contributed by atoms with Gasteiger partial charge in [0.15, 0.2) is 0 Å². The normalized spacial score (nSPS) is 15.4. The minimum Gasteiger partial charge on any atom is -0.368 e. The minimum absolute atomic E-state index is 0.0399. The smallest absolute Gasteiger partial charge is 0.257 e. The Balaban J connectivity index is 1.73. The molecule has 2 heterocycles. The number of nitrogens with zero attached hydrogens (tertiary/aromatic N) is 3. The molecule has 1 amide bonds. The molecule has 0 unspecified atom stereocenters. The Hall–Kier alpha value is -2.07. The number of pyridine rings is 1. The van der Waals surface area contributed by atoms with Crippen molar-refractivity contribution in [1.29, 1.82) is 0 Å². The van der Waals surface area contributed by atoms with Gasteiger partial charge >= 0.3 is 0 Å². The van der Waals surface area contributed by atoms with Gasteiger partial charge in [0.05, 0.1) is 5.56 Å². The summed E-state index contributed by atoms with van der Waals surface area (Å²) >= 11 is 6.06. The molecular weight excluding hydrogens is 334 g/mol. The van der Waals surface area contributed by atoms with Crippen LogP contribution in [0, 0.1) is 0 Å². The van der Waals surface area contributed by atoms with Crippen molar-refractivity contribution in [3.63, 3.8) is 0 Å². The summed E-state index contributed by atoms with van der Waals surface area (Å²) < 4.78 is 0. The monoisotopic (exact) mass is 357 g/mol. The molecule has 132 valence electrons. The van der Waals surface area contributed by atoms with Crippen molar-refractivity contribution >= 4 is 23.2 Å². The van der Waals surface area contributed by atoms with E-state index in [-0.39, 0.29) is 16.5 Å². The lowest BCUT2D eigenvalue weighted by atomic mass is 9.85. The number of benzene rings is 1. The van der Waals surface area contributed by atoms with Gasteiger partial charge in [0, 0.05) is 38.1 Å². The van der Waals surface area contributed by atoms with Gasteiger partial charge in [0.1, 0.15) is 5.15 Å². The summed E-state index contributed by atoms with van der Waals surface area (Å²) in [6.07, 6.45) is 1.60. The van der Waals surface area contributed by atoms with Crippen LogP contribution in [0.1, 0.15) is 36.7 Å². The molecule has 1 aliphatic heterocycles. The maximum atomic E-state index is 12.7. The predicted molar refractivity (Wildman–Crippen MR) is 103 cm³/mol. The molecular formula is C20H24ClN3O. The Kier molecular flexibility index (Phi) is 5.00. The van der Waals surface area contributed by atoms with Gasteiger partial charge in [-0.15, -0.1) is 0 Å². The second-order valence-electron chi connectivity index (χ2n) is 7.39. The van der Waals surface area contributed by atoms with E-state index >= 15 is 0 Å². The number of carbonyl (C=O) groups is 1. The van der Waals surface area contributed by atoms with Crippen LogP contribution in [0.5, 0.6) is 0 Å². The molecule has 1 saturated heterocycles. The first-order chi connectivity index (χ1) is 11.9. The third kappa shape index (κ3) is 3.79. The van der Waals surface area contributed by atoms with Crippen LogP contribution in [0.25, 0.3) is 0 Å². The van der Waals surface area contributed by atoms with E-state index in [1.807, 2.05) is 4.90 Å². The molecule has 0 spiro atoms. The maximum Gasteiger partial charge on any atom is 0.257 e. The van der Waals surface area contributed by atoms with Gasteiger partial charge in [0.25, 0.3) is 5.91 Å². The molecule has 1 aromatic carbocycles. The molecule has 0 atom stereocenters. The van der Waals surface area contributed by atoms with Crippen LogP contribution < -0.4 is 4.90 Å². The summed E-state index contributed by atoms with van der Waals surface area (Å²) in [7, 11) is 0. The number of rotatable bonds is 2. The van der Waals surface area contributed by atoms with Crippen molar-refractivity contribution in [2.24, 2.45) is 0 Å². The summed E-state index contributed by atoms with van der Waals surface area (Å²) in [5, 5.41) is 0.271. The molecule has 3 rings (SSSR count). The largest absolute Gasteiger partial charge is 0.368 e. The third-order valence-electron chi connectivity index (χ3n) is 4.61. The maximum absolute atomic E-state index is 12.7. The molecule has 25 heavy (non-hydrogen) atoms. The lowest BCUT2D eigenvalue weighted by Gasteiger charge is -2.38. The van der Waals surface area contributed by atoms with Crippen LogP contribution in [-0.2, 0) is 5.41 Å². The van der Waals surface area contributed by atoms with Crippen molar-refractivity contribution in [1.82, 2.24) is 9.88 Å². The number of carbonyl (C=O) groups excluding carboxylic acids is 1. The van der Waals surface area contributed by atoms with Crippen molar-refractivity contribution < 1.29 is 4.79 Å². The quantitative estimate of drug-likeness (QED) is 0.762. The van der Waals surface area contributed by atoms with E-state index < -0.39 is 0 Å². The van der Waals surface area contributed by atoms with Gasteiger partial charge in [-0.25, -0.2) is 4.98 Å². The average Bonchev–Trinajstić information content (AvgIpc) is 2.61. The number of anilines is 1. The molecule has 0 N–H and O–H groups in total. The van der Waals surface area contributed by atoms with E-state index in [1.54, 1.807) is 18.3 Å². The first-order valence-electron chi connectivity index (χ1n) is 8.62. The molecule has 0 saturated carbocycles. The van der Waals surface area contributed by atoms with Gasteiger partial charge in [-0.2, -0.15) is 0 Å². The van der Waals surface area contributed by atoms with Gasteiger partial charge in [0.2, 0.25) is 0 Å². The number of aromatic nitrogens is 1. The predicted octanol–water partition coefficient (Wildman–Crippen LogP) is 3.99. The highest BCUT2D eigenvalue weighted by Gasteiger charge is 2.26. The first-order valence-corrected chi connectivity index (χ1v) is 9.00. The van der Waals surface area contributed by atoms with Gasteiger partial charge < -0.3 is 9.80 Å². The Labute approximate surface area is 154 Å². The molecule has 0 bridgehead atoms. The average molecular weight is 358 g/mol. The fourth-order valence-corrected chi connectivity index (χ4v) is 3.45.